The summed E-state index contributed by atoms with van der Waals surface area (Å²) in [6.07, 6.45) is 1.77. The van der Waals surface area contributed by atoms with Crippen molar-refractivity contribution in [2.24, 2.45) is 0 Å². The van der Waals surface area contributed by atoms with E-state index >= 15 is 0 Å². The van der Waals surface area contributed by atoms with E-state index in [2.05, 4.69) is 5.32 Å². The van der Waals surface area contributed by atoms with Gasteiger partial charge in [0.2, 0.25) is 5.91 Å². The van der Waals surface area contributed by atoms with Crippen LogP contribution in [-0.4, -0.2) is 29.8 Å². The predicted molar refractivity (Wildman–Crippen MR) is 108 cm³/mol. The second-order valence-electron chi connectivity index (χ2n) is 7.16. The van der Waals surface area contributed by atoms with E-state index in [-0.39, 0.29) is 28.9 Å². The standard InChI is InChI=1S/C22H24ClFN2O2/c1-3-4-12-25-21(27)20-19-17(6-5-7-18(19)24)22(28)26(20)13-14(2)15-8-10-16(23)11-9-15/h5-11,14,20H,3-4,12-13H2,1-2H3,(H,25,27). The molecule has 0 aliphatic carbocycles. The van der Waals surface area contributed by atoms with Gasteiger partial charge in [-0.05, 0) is 42.2 Å². The highest BCUT2D eigenvalue weighted by Crippen LogP contribution is 2.37. The van der Waals surface area contributed by atoms with Crippen molar-refractivity contribution in [3.8, 4) is 0 Å². The van der Waals surface area contributed by atoms with Crippen molar-refractivity contribution >= 4 is 23.4 Å². The van der Waals surface area contributed by atoms with Crippen LogP contribution in [0.5, 0.6) is 0 Å². The first-order valence-electron chi connectivity index (χ1n) is 9.56. The number of rotatable bonds is 7. The molecule has 1 N–H and O–H groups in total. The minimum Gasteiger partial charge on any atom is -0.354 e. The molecule has 4 nitrogen and oxygen atoms in total. The zero-order valence-electron chi connectivity index (χ0n) is 16.0. The van der Waals surface area contributed by atoms with Gasteiger partial charge in [-0.1, -0.05) is 50.1 Å². The van der Waals surface area contributed by atoms with Crippen molar-refractivity contribution in [1.29, 1.82) is 0 Å². The predicted octanol–water partition coefficient (Wildman–Crippen LogP) is 4.70. The van der Waals surface area contributed by atoms with E-state index in [0.717, 1.165) is 18.4 Å². The maximum Gasteiger partial charge on any atom is 0.255 e. The van der Waals surface area contributed by atoms with Gasteiger partial charge in [0, 0.05) is 29.2 Å². The molecule has 0 saturated heterocycles. The second kappa shape index (κ2) is 8.74. The van der Waals surface area contributed by atoms with Gasteiger partial charge in [-0.3, -0.25) is 9.59 Å². The number of carbonyl (C=O) groups excluding carboxylic acids is 2. The molecule has 2 unspecified atom stereocenters. The molecular weight excluding hydrogens is 379 g/mol. The zero-order valence-corrected chi connectivity index (χ0v) is 16.8. The maximum atomic E-state index is 14.6. The van der Waals surface area contributed by atoms with Gasteiger partial charge in [-0.2, -0.15) is 0 Å². The molecule has 3 rings (SSSR count). The van der Waals surface area contributed by atoms with E-state index in [1.807, 2.05) is 26.0 Å². The summed E-state index contributed by atoms with van der Waals surface area (Å²) in [5.74, 6) is -1.22. The SMILES string of the molecule is CCCCNC(=O)C1c2c(F)cccc2C(=O)N1CC(C)c1ccc(Cl)cc1. The molecule has 1 aliphatic heterocycles. The molecule has 2 aromatic rings. The van der Waals surface area contributed by atoms with Crippen molar-refractivity contribution in [3.63, 3.8) is 0 Å². The molecule has 0 aromatic heterocycles. The molecule has 28 heavy (non-hydrogen) atoms. The van der Waals surface area contributed by atoms with Crippen LogP contribution >= 0.6 is 11.6 Å². The summed E-state index contributed by atoms with van der Waals surface area (Å²) in [6.45, 7) is 4.81. The number of halogens is 2. The van der Waals surface area contributed by atoms with Gasteiger partial charge in [0.15, 0.2) is 0 Å². The number of unbranched alkanes of at least 4 members (excludes halogenated alkanes) is 1. The lowest BCUT2D eigenvalue weighted by Crippen LogP contribution is -2.41. The Balaban J connectivity index is 1.89. The van der Waals surface area contributed by atoms with Gasteiger partial charge in [-0.25, -0.2) is 4.39 Å². The summed E-state index contributed by atoms with van der Waals surface area (Å²) in [6, 6.07) is 10.8. The normalized spacial score (nSPS) is 16.8. The first-order valence-corrected chi connectivity index (χ1v) is 9.94. The molecule has 0 fully saturated rings. The number of carbonyl (C=O) groups is 2. The fourth-order valence-corrected chi connectivity index (χ4v) is 3.69. The Hall–Kier alpha value is -2.40. The lowest BCUT2D eigenvalue weighted by atomic mass is 9.99. The lowest BCUT2D eigenvalue weighted by molar-refractivity contribution is -0.125. The smallest absolute Gasteiger partial charge is 0.255 e. The van der Waals surface area contributed by atoms with Crippen LogP contribution in [0.1, 0.15) is 60.1 Å². The minimum absolute atomic E-state index is 0.0375. The van der Waals surface area contributed by atoms with Crippen molar-refractivity contribution in [1.82, 2.24) is 10.2 Å². The Morgan fingerprint density at radius 2 is 1.96 bits per heavy atom. The molecule has 2 aromatic carbocycles. The van der Waals surface area contributed by atoms with Crippen LogP contribution in [0, 0.1) is 5.82 Å². The monoisotopic (exact) mass is 402 g/mol. The lowest BCUT2D eigenvalue weighted by Gasteiger charge is -2.27. The molecule has 2 amide bonds. The van der Waals surface area contributed by atoms with Gasteiger partial charge in [0.05, 0.1) is 0 Å². The molecule has 0 saturated carbocycles. The summed E-state index contributed by atoms with van der Waals surface area (Å²) in [5.41, 5.74) is 1.43. The Morgan fingerprint density at radius 1 is 1.25 bits per heavy atom. The Morgan fingerprint density at radius 3 is 2.64 bits per heavy atom. The van der Waals surface area contributed by atoms with Crippen molar-refractivity contribution in [3.05, 3.63) is 70.0 Å². The Bertz CT molecular complexity index is 869. The maximum absolute atomic E-state index is 14.6. The van der Waals surface area contributed by atoms with Gasteiger partial charge >= 0.3 is 0 Å². The fraction of sp³-hybridized carbons (Fsp3) is 0.364. The van der Waals surface area contributed by atoms with E-state index in [4.69, 9.17) is 11.6 Å². The van der Waals surface area contributed by atoms with Crippen molar-refractivity contribution < 1.29 is 14.0 Å². The number of nitrogens with zero attached hydrogens (tertiary/aromatic N) is 1. The summed E-state index contributed by atoms with van der Waals surface area (Å²) >= 11 is 5.95. The van der Waals surface area contributed by atoms with Crippen molar-refractivity contribution in [2.75, 3.05) is 13.1 Å². The number of fused-ring (bicyclic) bond motifs is 1. The van der Waals surface area contributed by atoms with Crippen LogP contribution < -0.4 is 5.32 Å². The highest BCUT2D eigenvalue weighted by Gasteiger charge is 2.43. The van der Waals surface area contributed by atoms with Crippen LogP contribution in [0.4, 0.5) is 4.39 Å². The molecule has 0 bridgehead atoms. The van der Waals surface area contributed by atoms with E-state index in [9.17, 15) is 14.0 Å². The number of amides is 2. The van der Waals surface area contributed by atoms with Gasteiger partial charge in [0.25, 0.3) is 5.91 Å². The van der Waals surface area contributed by atoms with E-state index in [0.29, 0.717) is 18.1 Å². The molecule has 0 spiro atoms. The average molecular weight is 403 g/mol. The molecule has 6 heteroatoms. The van der Waals surface area contributed by atoms with E-state index in [1.54, 1.807) is 18.2 Å². The van der Waals surface area contributed by atoms with Crippen LogP contribution in [0.3, 0.4) is 0 Å². The summed E-state index contributed by atoms with van der Waals surface area (Å²) < 4.78 is 14.6. The molecule has 1 heterocycles. The van der Waals surface area contributed by atoms with Crippen LogP contribution in [0.15, 0.2) is 42.5 Å². The molecule has 0 radical (unpaired) electrons. The van der Waals surface area contributed by atoms with Crippen molar-refractivity contribution in [2.45, 2.75) is 38.6 Å². The number of hydrogen-bond donors (Lipinski definition) is 1. The third kappa shape index (κ3) is 4.04. The topological polar surface area (TPSA) is 49.4 Å². The van der Waals surface area contributed by atoms with Crippen LogP contribution in [0.2, 0.25) is 5.02 Å². The summed E-state index contributed by atoms with van der Waals surface area (Å²) in [4.78, 5) is 27.3. The van der Waals surface area contributed by atoms with E-state index < -0.39 is 11.9 Å². The number of nitrogens with one attached hydrogen (secondary N) is 1. The van der Waals surface area contributed by atoms with E-state index in [1.165, 1.54) is 17.0 Å². The first-order chi connectivity index (χ1) is 13.4. The first kappa shape index (κ1) is 20.3. The average Bonchev–Trinajstić information content (AvgIpc) is 2.96. The second-order valence-corrected chi connectivity index (χ2v) is 7.59. The van der Waals surface area contributed by atoms with Crippen LogP contribution in [-0.2, 0) is 4.79 Å². The zero-order chi connectivity index (χ0) is 20.3. The number of hydrogen-bond acceptors (Lipinski definition) is 2. The third-order valence-corrected chi connectivity index (χ3v) is 5.37. The number of benzene rings is 2. The quantitative estimate of drug-likeness (QED) is 0.682. The summed E-state index contributed by atoms with van der Waals surface area (Å²) in [5, 5.41) is 3.48. The largest absolute Gasteiger partial charge is 0.354 e. The highest BCUT2D eigenvalue weighted by molar-refractivity contribution is 6.30. The van der Waals surface area contributed by atoms with Crippen LogP contribution in [0.25, 0.3) is 0 Å². The highest BCUT2D eigenvalue weighted by atomic mass is 35.5. The molecule has 1 aliphatic rings. The van der Waals surface area contributed by atoms with Gasteiger partial charge < -0.3 is 10.2 Å². The minimum atomic E-state index is -0.949. The Labute approximate surface area is 169 Å². The molecular formula is C22H24ClFN2O2. The third-order valence-electron chi connectivity index (χ3n) is 5.12. The summed E-state index contributed by atoms with van der Waals surface area (Å²) in [7, 11) is 0. The van der Waals surface area contributed by atoms with Gasteiger partial charge in [-0.15, -0.1) is 0 Å². The Kier molecular flexibility index (Phi) is 6.35. The van der Waals surface area contributed by atoms with Gasteiger partial charge in [0.1, 0.15) is 11.9 Å². The molecule has 148 valence electrons. The molecule has 2 atom stereocenters. The fourth-order valence-electron chi connectivity index (χ4n) is 3.57.